The zero-order valence-corrected chi connectivity index (χ0v) is 6.14. The van der Waals surface area contributed by atoms with Crippen molar-refractivity contribution < 1.29 is 4.52 Å². The van der Waals surface area contributed by atoms with Gasteiger partial charge in [-0.3, -0.25) is 0 Å². The smallest absolute Gasteiger partial charge is 0.157 e. The molecule has 0 N–H and O–H groups in total. The van der Waals surface area contributed by atoms with Crippen LogP contribution >= 0.6 is 11.6 Å². The number of hydrogen-bond donors (Lipinski definition) is 0. The second kappa shape index (κ2) is 2.03. The Labute approximate surface area is 58.8 Å². The normalized spacial score (nSPS) is 11.9. The summed E-state index contributed by atoms with van der Waals surface area (Å²) in [5, 5.41) is 3.53. The molecule has 0 unspecified atom stereocenters. The van der Waals surface area contributed by atoms with Crippen LogP contribution in [0.5, 0.6) is 0 Å². The summed E-state index contributed by atoms with van der Waals surface area (Å²) in [6.07, 6.45) is 1.58. The molecule has 1 aromatic rings. The van der Waals surface area contributed by atoms with Gasteiger partial charge in [-0.1, -0.05) is 5.16 Å². The van der Waals surface area contributed by atoms with Gasteiger partial charge in [0.1, 0.15) is 0 Å². The fourth-order valence-corrected chi connectivity index (χ4v) is 0.620. The van der Waals surface area contributed by atoms with E-state index in [2.05, 4.69) is 5.16 Å². The van der Waals surface area contributed by atoms with Gasteiger partial charge in [-0.15, -0.1) is 11.6 Å². The summed E-state index contributed by atoms with van der Waals surface area (Å²) >= 11 is 5.87. The number of nitrogens with zero attached hydrogens (tertiary/aromatic N) is 1. The third kappa shape index (κ3) is 1.45. The predicted octanol–water partition coefficient (Wildman–Crippen LogP) is 2.15. The van der Waals surface area contributed by atoms with Crippen molar-refractivity contribution in [2.45, 2.75) is 18.7 Å². The standard InChI is InChI=1S/C6H8ClNO/c1-6(2,7)5-3-4-8-9-5/h3-4H,1-2H3. The molecule has 1 rings (SSSR count). The van der Waals surface area contributed by atoms with Crippen LogP contribution in [0.3, 0.4) is 0 Å². The van der Waals surface area contributed by atoms with E-state index >= 15 is 0 Å². The fourth-order valence-electron chi connectivity index (χ4n) is 0.522. The molecule has 3 heteroatoms. The summed E-state index contributed by atoms with van der Waals surface area (Å²) in [5.74, 6) is 0.698. The first-order valence-corrected chi connectivity index (χ1v) is 3.08. The molecule has 0 saturated heterocycles. The van der Waals surface area contributed by atoms with Crippen molar-refractivity contribution in [3.63, 3.8) is 0 Å². The van der Waals surface area contributed by atoms with E-state index in [1.807, 2.05) is 13.8 Å². The second-order valence-electron chi connectivity index (χ2n) is 2.35. The largest absolute Gasteiger partial charge is 0.360 e. The lowest BCUT2D eigenvalue weighted by atomic mass is 10.1. The van der Waals surface area contributed by atoms with Crippen molar-refractivity contribution >= 4 is 11.6 Å². The van der Waals surface area contributed by atoms with Crippen LogP contribution in [-0.4, -0.2) is 5.16 Å². The second-order valence-corrected chi connectivity index (χ2v) is 3.29. The van der Waals surface area contributed by atoms with Crippen molar-refractivity contribution in [3.05, 3.63) is 18.0 Å². The minimum absolute atomic E-state index is 0.434. The van der Waals surface area contributed by atoms with Gasteiger partial charge >= 0.3 is 0 Å². The van der Waals surface area contributed by atoms with E-state index in [1.54, 1.807) is 12.3 Å². The lowest BCUT2D eigenvalue weighted by Crippen LogP contribution is -2.04. The Balaban J connectivity index is 2.90. The number of rotatable bonds is 1. The third-order valence-corrected chi connectivity index (χ3v) is 1.21. The highest BCUT2D eigenvalue weighted by atomic mass is 35.5. The van der Waals surface area contributed by atoms with E-state index in [9.17, 15) is 0 Å². The van der Waals surface area contributed by atoms with Gasteiger partial charge in [0.2, 0.25) is 0 Å². The summed E-state index contributed by atoms with van der Waals surface area (Å²) in [7, 11) is 0. The van der Waals surface area contributed by atoms with Gasteiger partial charge in [-0.2, -0.15) is 0 Å². The summed E-state index contributed by atoms with van der Waals surface area (Å²) in [6, 6.07) is 1.76. The molecule has 1 heterocycles. The van der Waals surface area contributed by atoms with Gasteiger partial charge in [-0.05, 0) is 13.8 Å². The molecule has 0 spiro atoms. The Hall–Kier alpha value is -0.500. The van der Waals surface area contributed by atoms with Gasteiger partial charge < -0.3 is 4.52 Å². The quantitative estimate of drug-likeness (QED) is 0.566. The number of hydrogen-bond acceptors (Lipinski definition) is 2. The van der Waals surface area contributed by atoms with Crippen molar-refractivity contribution in [1.82, 2.24) is 5.16 Å². The molecule has 0 amide bonds. The molecule has 0 aliphatic carbocycles. The van der Waals surface area contributed by atoms with E-state index in [0.29, 0.717) is 5.76 Å². The highest BCUT2D eigenvalue weighted by molar-refractivity contribution is 6.23. The molecule has 0 aliphatic rings. The summed E-state index contributed by atoms with van der Waals surface area (Å²) < 4.78 is 4.82. The molecule has 0 bridgehead atoms. The lowest BCUT2D eigenvalue weighted by Gasteiger charge is -2.08. The van der Waals surface area contributed by atoms with Crippen LogP contribution in [0.15, 0.2) is 16.8 Å². The molecular formula is C6H8ClNO. The maximum Gasteiger partial charge on any atom is 0.157 e. The average molecular weight is 146 g/mol. The Bertz CT molecular complexity index is 175. The zero-order chi connectivity index (χ0) is 6.91. The monoisotopic (exact) mass is 145 g/mol. The predicted molar refractivity (Wildman–Crippen MR) is 35.4 cm³/mol. The van der Waals surface area contributed by atoms with Gasteiger partial charge in [-0.25, -0.2) is 0 Å². The summed E-state index contributed by atoms with van der Waals surface area (Å²) in [5.41, 5.74) is 0. The van der Waals surface area contributed by atoms with Gasteiger partial charge in [0.25, 0.3) is 0 Å². The average Bonchev–Trinajstić information content (AvgIpc) is 2.08. The van der Waals surface area contributed by atoms with Crippen LogP contribution in [-0.2, 0) is 4.87 Å². The van der Waals surface area contributed by atoms with E-state index < -0.39 is 4.87 Å². The van der Waals surface area contributed by atoms with Crippen molar-refractivity contribution in [2.75, 3.05) is 0 Å². The lowest BCUT2D eigenvalue weighted by molar-refractivity contribution is 0.358. The molecule has 0 fully saturated rings. The van der Waals surface area contributed by atoms with E-state index in [4.69, 9.17) is 16.1 Å². The first kappa shape index (κ1) is 6.62. The van der Waals surface area contributed by atoms with Gasteiger partial charge in [0.15, 0.2) is 5.76 Å². The first-order valence-electron chi connectivity index (χ1n) is 2.71. The van der Waals surface area contributed by atoms with Crippen molar-refractivity contribution in [2.24, 2.45) is 0 Å². The van der Waals surface area contributed by atoms with Crippen molar-refractivity contribution in [3.8, 4) is 0 Å². The third-order valence-electron chi connectivity index (χ3n) is 1.02. The van der Waals surface area contributed by atoms with Crippen LogP contribution in [0.2, 0.25) is 0 Å². The Morgan fingerprint density at radius 3 is 2.56 bits per heavy atom. The number of aromatic nitrogens is 1. The number of alkyl halides is 1. The zero-order valence-electron chi connectivity index (χ0n) is 5.39. The Morgan fingerprint density at radius 2 is 2.33 bits per heavy atom. The molecule has 0 radical (unpaired) electrons. The molecule has 0 saturated carbocycles. The SMILES string of the molecule is CC(C)(Cl)c1ccno1. The van der Waals surface area contributed by atoms with E-state index in [-0.39, 0.29) is 0 Å². The van der Waals surface area contributed by atoms with Crippen molar-refractivity contribution in [1.29, 1.82) is 0 Å². The van der Waals surface area contributed by atoms with Crippen LogP contribution in [0.4, 0.5) is 0 Å². The van der Waals surface area contributed by atoms with Crippen LogP contribution in [0.25, 0.3) is 0 Å². The highest BCUT2D eigenvalue weighted by Gasteiger charge is 2.19. The minimum atomic E-state index is -0.434. The summed E-state index contributed by atoms with van der Waals surface area (Å²) in [6.45, 7) is 3.71. The maximum atomic E-state index is 5.87. The van der Waals surface area contributed by atoms with Crippen LogP contribution < -0.4 is 0 Å². The van der Waals surface area contributed by atoms with Gasteiger partial charge in [0.05, 0.1) is 11.1 Å². The van der Waals surface area contributed by atoms with Crippen LogP contribution in [0.1, 0.15) is 19.6 Å². The molecule has 1 aromatic heterocycles. The highest BCUT2D eigenvalue weighted by Crippen LogP contribution is 2.26. The summed E-state index contributed by atoms with van der Waals surface area (Å²) in [4.78, 5) is -0.434. The molecule has 0 atom stereocenters. The fraction of sp³-hybridized carbons (Fsp3) is 0.500. The van der Waals surface area contributed by atoms with E-state index in [1.165, 1.54) is 0 Å². The molecule has 2 nitrogen and oxygen atoms in total. The number of halogens is 1. The minimum Gasteiger partial charge on any atom is -0.360 e. The topological polar surface area (TPSA) is 26.0 Å². The molecule has 9 heavy (non-hydrogen) atoms. The maximum absolute atomic E-state index is 5.87. The molecule has 0 aliphatic heterocycles. The van der Waals surface area contributed by atoms with Crippen LogP contribution in [0, 0.1) is 0 Å². The van der Waals surface area contributed by atoms with E-state index in [0.717, 1.165) is 0 Å². The molecular weight excluding hydrogens is 138 g/mol. The first-order chi connectivity index (χ1) is 4.11. The molecule has 0 aromatic carbocycles. The van der Waals surface area contributed by atoms with Gasteiger partial charge in [0, 0.05) is 6.07 Å². The molecule has 50 valence electrons. The Morgan fingerprint density at radius 1 is 1.67 bits per heavy atom. The Kier molecular flexibility index (Phi) is 1.49.